The molecule has 0 bridgehead atoms. The van der Waals surface area contributed by atoms with Gasteiger partial charge in [-0.15, -0.1) is 12.4 Å². The first-order chi connectivity index (χ1) is 13.3. The summed E-state index contributed by atoms with van der Waals surface area (Å²) in [4.78, 5) is 15.4. The van der Waals surface area contributed by atoms with Gasteiger partial charge >= 0.3 is 0 Å². The fourth-order valence-corrected chi connectivity index (χ4v) is 4.68. The van der Waals surface area contributed by atoms with Gasteiger partial charge in [0.05, 0.1) is 11.0 Å². The highest BCUT2D eigenvalue weighted by Crippen LogP contribution is 2.34. The van der Waals surface area contributed by atoms with Gasteiger partial charge in [-0.2, -0.15) is 0 Å². The van der Waals surface area contributed by atoms with Crippen LogP contribution in [0, 0.1) is 6.92 Å². The van der Waals surface area contributed by atoms with Crippen molar-refractivity contribution in [2.75, 3.05) is 36.0 Å². The average Bonchev–Trinajstić information content (AvgIpc) is 2.74. The lowest BCUT2D eigenvalue weighted by Gasteiger charge is -2.34. The molecule has 0 spiro atoms. The van der Waals surface area contributed by atoms with Gasteiger partial charge in [0.25, 0.3) is 0 Å². The van der Waals surface area contributed by atoms with E-state index in [1.165, 1.54) is 54.9 Å². The zero-order chi connectivity index (χ0) is 18.2. The van der Waals surface area contributed by atoms with Crippen molar-refractivity contribution in [3.63, 3.8) is 0 Å². The summed E-state index contributed by atoms with van der Waals surface area (Å²) < 4.78 is 0. The minimum atomic E-state index is 0. The predicted molar refractivity (Wildman–Crippen MR) is 121 cm³/mol. The highest BCUT2D eigenvalue weighted by atomic mass is 35.5. The molecule has 0 amide bonds. The number of nitrogens with zero attached hydrogens (tertiary/aromatic N) is 4. The first-order valence-corrected chi connectivity index (χ1v) is 10.5. The third-order valence-corrected chi connectivity index (χ3v) is 6.21. The number of hydrogen-bond donors (Lipinski definition) is 0. The molecule has 2 aromatic carbocycles. The van der Waals surface area contributed by atoms with Crippen LogP contribution in [0.15, 0.2) is 30.3 Å². The lowest BCUT2D eigenvalue weighted by molar-refractivity contribution is 0.559. The molecule has 3 heterocycles. The van der Waals surface area contributed by atoms with Gasteiger partial charge < -0.3 is 9.80 Å². The highest BCUT2D eigenvalue weighted by Gasteiger charge is 2.24. The maximum absolute atomic E-state index is 5.25. The van der Waals surface area contributed by atoms with E-state index in [1.807, 2.05) is 0 Å². The SMILES string of the molecule is Cc1c2ccccc2cc2nc(N3CCCCC3)c(N3CCCCC3)nc12.Cl. The van der Waals surface area contributed by atoms with Crippen LogP contribution >= 0.6 is 12.4 Å². The third kappa shape index (κ3) is 3.39. The predicted octanol–water partition coefficient (Wildman–Crippen LogP) is 5.49. The fourth-order valence-electron chi connectivity index (χ4n) is 4.68. The van der Waals surface area contributed by atoms with E-state index < -0.39 is 0 Å². The summed E-state index contributed by atoms with van der Waals surface area (Å²) in [5.41, 5.74) is 3.35. The number of anilines is 2. The van der Waals surface area contributed by atoms with Crippen LogP contribution < -0.4 is 9.80 Å². The Bertz CT molecular complexity index is 975. The standard InChI is InChI=1S/C23H28N4.ClH/c1-17-19-11-5-4-10-18(19)16-20-21(17)25-23(27-14-8-3-9-15-27)22(24-20)26-12-6-2-7-13-26;/h4-5,10-11,16H,2-3,6-9,12-15H2,1H3;1H. The van der Waals surface area contributed by atoms with E-state index in [4.69, 9.17) is 9.97 Å². The van der Waals surface area contributed by atoms with Crippen LogP contribution in [-0.2, 0) is 0 Å². The Balaban J connectivity index is 0.00000192. The second-order valence-electron chi connectivity index (χ2n) is 8.06. The van der Waals surface area contributed by atoms with Crippen molar-refractivity contribution in [1.82, 2.24) is 9.97 Å². The van der Waals surface area contributed by atoms with Gasteiger partial charge in [0.2, 0.25) is 0 Å². The Morgan fingerprint density at radius 3 is 1.96 bits per heavy atom. The number of aryl methyl sites for hydroxylation is 1. The maximum Gasteiger partial charge on any atom is 0.172 e. The van der Waals surface area contributed by atoms with Crippen LogP contribution in [0.1, 0.15) is 44.1 Å². The second kappa shape index (κ2) is 8.12. The molecule has 5 heteroatoms. The molecule has 5 rings (SSSR count). The van der Waals surface area contributed by atoms with E-state index in [0.29, 0.717) is 0 Å². The third-order valence-electron chi connectivity index (χ3n) is 6.21. The molecule has 28 heavy (non-hydrogen) atoms. The Hall–Kier alpha value is -2.07. The Kier molecular flexibility index (Phi) is 5.58. The summed E-state index contributed by atoms with van der Waals surface area (Å²) in [6, 6.07) is 10.8. The smallest absolute Gasteiger partial charge is 0.172 e. The van der Waals surface area contributed by atoms with Gasteiger partial charge in [-0.05, 0) is 67.9 Å². The number of fused-ring (bicyclic) bond motifs is 2. The zero-order valence-corrected chi connectivity index (χ0v) is 17.5. The lowest BCUT2D eigenvalue weighted by Crippen LogP contribution is -2.36. The minimum absolute atomic E-state index is 0. The Morgan fingerprint density at radius 1 is 0.750 bits per heavy atom. The van der Waals surface area contributed by atoms with Crippen LogP contribution in [-0.4, -0.2) is 36.1 Å². The number of aromatic nitrogens is 2. The maximum atomic E-state index is 5.25. The van der Waals surface area contributed by atoms with Gasteiger partial charge in [-0.25, -0.2) is 9.97 Å². The van der Waals surface area contributed by atoms with E-state index in [1.54, 1.807) is 0 Å². The molecule has 2 aliphatic rings. The fraction of sp³-hybridized carbons (Fsp3) is 0.478. The molecule has 0 aliphatic carbocycles. The van der Waals surface area contributed by atoms with Crippen molar-refractivity contribution in [2.45, 2.75) is 45.4 Å². The molecule has 3 aromatic rings. The zero-order valence-electron chi connectivity index (χ0n) is 16.7. The van der Waals surface area contributed by atoms with E-state index in [2.05, 4.69) is 47.1 Å². The van der Waals surface area contributed by atoms with Crippen molar-refractivity contribution in [3.8, 4) is 0 Å². The second-order valence-corrected chi connectivity index (χ2v) is 8.06. The molecule has 148 valence electrons. The normalized spacial score (nSPS) is 17.8. The van der Waals surface area contributed by atoms with Crippen molar-refractivity contribution >= 4 is 45.8 Å². The molecular formula is C23H29ClN4. The van der Waals surface area contributed by atoms with E-state index in [0.717, 1.165) is 48.8 Å². The summed E-state index contributed by atoms with van der Waals surface area (Å²) in [5.74, 6) is 2.22. The molecule has 0 unspecified atom stereocenters. The van der Waals surface area contributed by atoms with Gasteiger partial charge in [0.1, 0.15) is 0 Å². The first-order valence-electron chi connectivity index (χ1n) is 10.5. The van der Waals surface area contributed by atoms with Gasteiger partial charge in [-0.3, -0.25) is 0 Å². The lowest BCUT2D eigenvalue weighted by atomic mass is 10.0. The molecule has 4 nitrogen and oxygen atoms in total. The summed E-state index contributed by atoms with van der Waals surface area (Å²) in [7, 11) is 0. The van der Waals surface area contributed by atoms with Crippen molar-refractivity contribution < 1.29 is 0 Å². The molecular weight excluding hydrogens is 368 g/mol. The number of benzene rings is 2. The topological polar surface area (TPSA) is 32.3 Å². The van der Waals surface area contributed by atoms with E-state index in [-0.39, 0.29) is 12.4 Å². The van der Waals surface area contributed by atoms with E-state index >= 15 is 0 Å². The average molecular weight is 397 g/mol. The molecule has 0 radical (unpaired) electrons. The molecule has 1 aromatic heterocycles. The van der Waals surface area contributed by atoms with Gasteiger partial charge in [-0.1, -0.05) is 24.3 Å². The molecule has 0 saturated carbocycles. The van der Waals surface area contributed by atoms with Gasteiger partial charge in [0.15, 0.2) is 11.6 Å². The highest BCUT2D eigenvalue weighted by molar-refractivity contribution is 6.00. The van der Waals surface area contributed by atoms with Crippen LogP contribution in [0.25, 0.3) is 21.8 Å². The van der Waals surface area contributed by atoms with Crippen LogP contribution in [0.3, 0.4) is 0 Å². The van der Waals surface area contributed by atoms with Crippen molar-refractivity contribution in [3.05, 3.63) is 35.9 Å². The number of hydrogen-bond acceptors (Lipinski definition) is 4. The first kappa shape index (κ1) is 19.3. The molecule has 2 saturated heterocycles. The summed E-state index contributed by atoms with van der Waals surface area (Å²) in [6.45, 7) is 6.61. The number of rotatable bonds is 2. The summed E-state index contributed by atoms with van der Waals surface area (Å²) in [6.07, 6.45) is 7.71. The molecule has 0 N–H and O–H groups in total. The molecule has 2 fully saturated rings. The quantitative estimate of drug-likeness (QED) is 0.536. The summed E-state index contributed by atoms with van der Waals surface area (Å²) in [5, 5.41) is 2.54. The van der Waals surface area contributed by atoms with Gasteiger partial charge in [0, 0.05) is 26.2 Å². The number of piperidine rings is 2. The van der Waals surface area contributed by atoms with Crippen LogP contribution in [0.2, 0.25) is 0 Å². The largest absolute Gasteiger partial charge is 0.354 e. The number of halogens is 1. The Labute approximate surface area is 173 Å². The van der Waals surface area contributed by atoms with Crippen LogP contribution in [0.4, 0.5) is 11.6 Å². The Morgan fingerprint density at radius 2 is 1.32 bits per heavy atom. The van der Waals surface area contributed by atoms with Crippen molar-refractivity contribution in [2.24, 2.45) is 0 Å². The molecule has 2 aliphatic heterocycles. The minimum Gasteiger partial charge on any atom is -0.354 e. The van der Waals surface area contributed by atoms with Crippen molar-refractivity contribution in [1.29, 1.82) is 0 Å². The monoisotopic (exact) mass is 396 g/mol. The van der Waals surface area contributed by atoms with Crippen LogP contribution in [0.5, 0.6) is 0 Å². The summed E-state index contributed by atoms with van der Waals surface area (Å²) >= 11 is 0. The van der Waals surface area contributed by atoms with E-state index in [9.17, 15) is 0 Å². The molecule has 0 atom stereocenters.